The molecule has 0 bridgehead atoms. The van der Waals surface area contributed by atoms with Gasteiger partial charge in [-0.1, -0.05) is 32.0 Å². The van der Waals surface area contributed by atoms with E-state index in [-0.39, 0.29) is 23.2 Å². The van der Waals surface area contributed by atoms with Crippen LogP contribution in [0.4, 0.5) is 0 Å². The first-order valence-corrected chi connectivity index (χ1v) is 8.66. The van der Waals surface area contributed by atoms with Gasteiger partial charge in [-0.25, -0.2) is 9.48 Å². The van der Waals surface area contributed by atoms with Gasteiger partial charge >= 0.3 is 5.97 Å². The van der Waals surface area contributed by atoms with Gasteiger partial charge in [0, 0.05) is 5.39 Å². The molecule has 2 aromatic rings. The Morgan fingerprint density at radius 3 is 2.31 bits per heavy atom. The second-order valence-corrected chi connectivity index (χ2v) is 6.92. The predicted octanol–water partition coefficient (Wildman–Crippen LogP) is 2.29. The lowest BCUT2D eigenvalue weighted by molar-refractivity contribution is -0.143. The number of aromatic nitrogens is 2. The maximum absolute atomic E-state index is 12.9. The minimum absolute atomic E-state index is 0.117. The van der Waals surface area contributed by atoms with E-state index in [9.17, 15) is 14.4 Å². The Labute approximate surface area is 152 Å². The molecule has 1 unspecified atom stereocenters. The molecule has 2 rings (SSSR count). The lowest BCUT2D eigenvalue weighted by Crippen LogP contribution is -2.43. The first-order chi connectivity index (χ1) is 12.3. The van der Waals surface area contributed by atoms with Gasteiger partial charge in [0.2, 0.25) is 0 Å². The fourth-order valence-corrected chi connectivity index (χ4v) is 2.78. The van der Waals surface area contributed by atoms with Crippen molar-refractivity contribution in [1.82, 2.24) is 15.1 Å². The van der Waals surface area contributed by atoms with Crippen molar-refractivity contribution in [2.45, 2.75) is 46.2 Å². The van der Waals surface area contributed by atoms with Crippen LogP contribution in [-0.4, -0.2) is 34.8 Å². The maximum atomic E-state index is 12.9. The first-order valence-electron chi connectivity index (χ1n) is 8.66. The lowest BCUT2D eigenvalue weighted by Gasteiger charge is -2.19. The third-order valence-electron chi connectivity index (χ3n) is 4.03. The summed E-state index contributed by atoms with van der Waals surface area (Å²) in [6.45, 7) is 7.55. The Morgan fingerprint density at radius 2 is 1.77 bits per heavy atom. The number of nitrogens with zero attached hydrogens (tertiary/aromatic N) is 2. The first kappa shape index (κ1) is 19.6. The number of hydrogen-bond acceptors (Lipinski definition) is 5. The predicted molar refractivity (Wildman–Crippen MR) is 99.1 cm³/mol. The molecule has 0 aliphatic carbocycles. The van der Waals surface area contributed by atoms with Gasteiger partial charge in [0.05, 0.1) is 18.5 Å². The topological polar surface area (TPSA) is 90.3 Å². The van der Waals surface area contributed by atoms with Gasteiger partial charge in [0.25, 0.3) is 11.5 Å². The third-order valence-corrected chi connectivity index (χ3v) is 4.03. The zero-order chi connectivity index (χ0) is 19.4. The molecule has 0 spiro atoms. The number of fused-ring (bicyclic) bond motifs is 1. The lowest BCUT2D eigenvalue weighted by atomic mass is 10.0. The number of carbonyl (C=O) groups is 2. The molecule has 1 atom stereocenters. The number of nitrogens with one attached hydrogen (secondary N) is 1. The fraction of sp³-hybridized carbons (Fsp3) is 0.474. The summed E-state index contributed by atoms with van der Waals surface area (Å²) in [4.78, 5) is 37.4. The Balaban J connectivity index is 2.51. The summed E-state index contributed by atoms with van der Waals surface area (Å²) in [6, 6.07) is 5.86. The summed E-state index contributed by atoms with van der Waals surface area (Å²) in [6.07, 6.45) is 0.445. The zero-order valence-corrected chi connectivity index (χ0v) is 15.8. The van der Waals surface area contributed by atoms with Gasteiger partial charge in [-0.2, -0.15) is 5.10 Å². The summed E-state index contributed by atoms with van der Waals surface area (Å²) >= 11 is 0. The maximum Gasteiger partial charge on any atom is 0.328 e. The van der Waals surface area contributed by atoms with Crippen molar-refractivity contribution in [3.05, 3.63) is 40.3 Å². The van der Waals surface area contributed by atoms with Crippen LogP contribution in [0.3, 0.4) is 0 Å². The second-order valence-electron chi connectivity index (χ2n) is 6.92. The number of rotatable bonds is 6. The Kier molecular flexibility index (Phi) is 6.13. The van der Waals surface area contributed by atoms with E-state index in [1.165, 1.54) is 11.8 Å². The summed E-state index contributed by atoms with van der Waals surface area (Å²) in [5.41, 5.74) is -0.134. The number of benzene rings is 1. The van der Waals surface area contributed by atoms with Gasteiger partial charge in [-0.05, 0) is 32.3 Å². The standard InChI is InChI=1S/C19H25N3O4/c1-11(2)10-15(19(25)26-5)20-17(23)16-13-8-6-7-9-14(13)18(24)22(21-16)12(3)4/h6-9,11-12,15H,10H2,1-5H3,(H,20,23). The minimum atomic E-state index is -0.771. The molecule has 7 heteroatoms. The fourth-order valence-electron chi connectivity index (χ4n) is 2.78. The molecule has 26 heavy (non-hydrogen) atoms. The Bertz CT molecular complexity index is 871. The average Bonchev–Trinajstić information content (AvgIpc) is 2.60. The number of methoxy groups -OCH3 is 1. The van der Waals surface area contributed by atoms with E-state index in [1.54, 1.807) is 24.3 Å². The van der Waals surface area contributed by atoms with Crippen LogP contribution in [0.25, 0.3) is 10.8 Å². The molecule has 0 saturated heterocycles. The normalized spacial score (nSPS) is 12.4. The zero-order valence-electron chi connectivity index (χ0n) is 15.8. The van der Waals surface area contributed by atoms with Crippen molar-refractivity contribution < 1.29 is 14.3 Å². The molecule has 1 aromatic carbocycles. The molecule has 0 radical (unpaired) electrons. The van der Waals surface area contributed by atoms with Crippen molar-refractivity contribution in [2.24, 2.45) is 5.92 Å². The molecule has 0 fully saturated rings. The summed E-state index contributed by atoms with van der Waals surface area (Å²) < 4.78 is 6.07. The molecule has 0 saturated carbocycles. The van der Waals surface area contributed by atoms with Crippen molar-refractivity contribution in [2.75, 3.05) is 7.11 Å². The molecule has 7 nitrogen and oxygen atoms in total. The van der Waals surface area contributed by atoms with E-state index in [0.717, 1.165) is 0 Å². The van der Waals surface area contributed by atoms with E-state index in [4.69, 9.17) is 4.74 Å². The van der Waals surface area contributed by atoms with Crippen molar-refractivity contribution in [3.8, 4) is 0 Å². The van der Waals surface area contributed by atoms with Crippen LogP contribution >= 0.6 is 0 Å². The minimum Gasteiger partial charge on any atom is -0.467 e. The number of amides is 1. The van der Waals surface area contributed by atoms with E-state index >= 15 is 0 Å². The molecule has 140 valence electrons. The van der Waals surface area contributed by atoms with Gasteiger partial charge in [0.15, 0.2) is 5.69 Å². The molecule has 1 amide bonds. The third kappa shape index (κ3) is 4.09. The SMILES string of the molecule is COC(=O)C(CC(C)C)NC(=O)c1nn(C(C)C)c(=O)c2ccccc12. The van der Waals surface area contributed by atoms with Gasteiger partial charge < -0.3 is 10.1 Å². The summed E-state index contributed by atoms with van der Waals surface area (Å²) in [5, 5.41) is 7.83. The van der Waals surface area contributed by atoms with Crippen LogP contribution in [0.1, 0.15) is 50.6 Å². The van der Waals surface area contributed by atoms with E-state index in [2.05, 4.69) is 10.4 Å². The number of ether oxygens (including phenoxy) is 1. The van der Waals surface area contributed by atoms with Crippen LogP contribution in [0, 0.1) is 5.92 Å². The highest BCUT2D eigenvalue weighted by Crippen LogP contribution is 2.16. The molecule has 1 N–H and O–H groups in total. The highest BCUT2D eigenvalue weighted by molar-refractivity contribution is 6.05. The Hall–Kier alpha value is -2.70. The van der Waals surface area contributed by atoms with E-state index < -0.39 is 17.9 Å². The second kappa shape index (κ2) is 8.12. The molecule has 0 aliphatic rings. The quantitative estimate of drug-likeness (QED) is 0.799. The highest BCUT2D eigenvalue weighted by atomic mass is 16.5. The van der Waals surface area contributed by atoms with Crippen molar-refractivity contribution >= 4 is 22.6 Å². The van der Waals surface area contributed by atoms with E-state index in [1.807, 2.05) is 27.7 Å². The highest BCUT2D eigenvalue weighted by Gasteiger charge is 2.25. The number of esters is 1. The van der Waals surface area contributed by atoms with Crippen LogP contribution < -0.4 is 10.9 Å². The number of hydrogen-bond donors (Lipinski definition) is 1. The summed E-state index contributed by atoms with van der Waals surface area (Å²) in [7, 11) is 1.29. The van der Waals surface area contributed by atoms with Crippen LogP contribution in [0.15, 0.2) is 29.1 Å². The van der Waals surface area contributed by atoms with E-state index in [0.29, 0.717) is 17.2 Å². The molecular formula is C19H25N3O4. The monoisotopic (exact) mass is 359 g/mol. The molecule has 1 heterocycles. The number of carbonyl (C=O) groups excluding carboxylic acids is 2. The smallest absolute Gasteiger partial charge is 0.328 e. The molecule has 0 aliphatic heterocycles. The molecular weight excluding hydrogens is 334 g/mol. The van der Waals surface area contributed by atoms with Crippen LogP contribution in [0.2, 0.25) is 0 Å². The molecule has 1 aromatic heterocycles. The van der Waals surface area contributed by atoms with Gasteiger partial charge in [-0.3, -0.25) is 9.59 Å². The van der Waals surface area contributed by atoms with Crippen molar-refractivity contribution in [3.63, 3.8) is 0 Å². The van der Waals surface area contributed by atoms with Gasteiger partial charge in [0.1, 0.15) is 6.04 Å². The average molecular weight is 359 g/mol. The van der Waals surface area contributed by atoms with Gasteiger partial charge in [-0.15, -0.1) is 0 Å². The Morgan fingerprint density at radius 1 is 1.15 bits per heavy atom. The van der Waals surface area contributed by atoms with Crippen LogP contribution in [-0.2, 0) is 9.53 Å². The van der Waals surface area contributed by atoms with Crippen molar-refractivity contribution in [1.29, 1.82) is 0 Å². The largest absolute Gasteiger partial charge is 0.467 e. The summed E-state index contributed by atoms with van der Waals surface area (Å²) in [5.74, 6) is -0.825. The van der Waals surface area contributed by atoms with Crippen LogP contribution in [0.5, 0.6) is 0 Å².